The van der Waals surface area contributed by atoms with Crippen LogP contribution < -0.4 is 0 Å². The van der Waals surface area contributed by atoms with E-state index in [9.17, 15) is 13.5 Å². The number of ether oxygens (including phenoxy) is 2. The summed E-state index contributed by atoms with van der Waals surface area (Å²) < 4.78 is 37.9. The van der Waals surface area contributed by atoms with Crippen LogP contribution in [0.25, 0.3) is 0 Å². The normalized spacial score (nSPS) is 23.6. The molecule has 3 rings (SSSR count). The average Bonchev–Trinajstić information content (AvgIpc) is 2.64. The quantitative estimate of drug-likeness (QED) is 0.798. The van der Waals surface area contributed by atoms with E-state index in [0.29, 0.717) is 6.61 Å². The number of aliphatic hydroxyl groups excluding tert-OH is 1. The van der Waals surface area contributed by atoms with Crippen LogP contribution in [-0.4, -0.2) is 49.9 Å². The molecular weight excluding hydrogens is 354 g/mol. The Morgan fingerprint density at radius 1 is 1.08 bits per heavy atom. The number of methoxy groups -OCH3 is 1. The summed E-state index contributed by atoms with van der Waals surface area (Å²) in [7, 11) is -2.41. The third-order valence-corrected chi connectivity index (χ3v) is 6.40. The van der Waals surface area contributed by atoms with Gasteiger partial charge in [-0.1, -0.05) is 48.0 Å². The van der Waals surface area contributed by atoms with Crippen molar-refractivity contribution >= 4 is 10.0 Å². The number of benzene rings is 2. The second kappa shape index (κ2) is 7.85. The minimum atomic E-state index is -3.79. The third-order valence-electron chi connectivity index (χ3n) is 4.50. The van der Waals surface area contributed by atoms with Gasteiger partial charge in [-0.25, -0.2) is 8.42 Å². The van der Waals surface area contributed by atoms with Crippen molar-refractivity contribution in [2.75, 3.05) is 13.7 Å². The molecule has 1 aliphatic heterocycles. The monoisotopic (exact) mass is 377 g/mol. The first-order valence-corrected chi connectivity index (χ1v) is 9.82. The lowest BCUT2D eigenvalue weighted by atomic mass is 10.0. The molecule has 1 fully saturated rings. The van der Waals surface area contributed by atoms with Crippen molar-refractivity contribution in [2.24, 2.45) is 0 Å². The maximum absolute atomic E-state index is 13.0. The van der Waals surface area contributed by atoms with E-state index >= 15 is 0 Å². The van der Waals surface area contributed by atoms with E-state index in [2.05, 4.69) is 0 Å². The summed E-state index contributed by atoms with van der Waals surface area (Å²) in [6.07, 6.45) is -1.84. The highest BCUT2D eigenvalue weighted by molar-refractivity contribution is 7.89. The minimum absolute atomic E-state index is 0.0843. The van der Waals surface area contributed by atoms with Crippen LogP contribution in [-0.2, 0) is 26.1 Å². The van der Waals surface area contributed by atoms with Gasteiger partial charge in [0, 0.05) is 7.11 Å². The van der Waals surface area contributed by atoms with Crippen LogP contribution in [0.3, 0.4) is 0 Å². The van der Waals surface area contributed by atoms with E-state index < -0.39 is 28.4 Å². The van der Waals surface area contributed by atoms with Crippen molar-refractivity contribution in [1.29, 1.82) is 0 Å². The minimum Gasteiger partial charge on any atom is -0.387 e. The summed E-state index contributed by atoms with van der Waals surface area (Å²) in [5.41, 5.74) is 1.95. The van der Waals surface area contributed by atoms with Crippen LogP contribution in [0, 0.1) is 6.92 Å². The zero-order valence-corrected chi connectivity index (χ0v) is 15.6. The Labute approximate surface area is 154 Å². The smallest absolute Gasteiger partial charge is 0.245 e. The van der Waals surface area contributed by atoms with Crippen molar-refractivity contribution < 1.29 is 23.0 Å². The third kappa shape index (κ3) is 3.67. The molecule has 0 aromatic heterocycles. The maximum atomic E-state index is 13.0. The molecule has 7 heteroatoms. The molecule has 0 radical (unpaired) electrons. The molecule has 1 N–H and O–H groups in total. The molecule has 0 spiro atoms. The van der Waals surface area contributed by atoms with Crippen molar-refractivity contribution in [3.05, 3.63) is 65.7 Å². The Balaban J connectivity index is 1.73. The summed E-state index contributed by atoms with van der Waals surface area (Å²) in [4.78, 5) is 0.171. The van der Waals surface area contributed by atoms with Crippen LogP contribution in [0.4, 0.5) is 0 Å². The number of aliphatic hydroxyl groups is 1. The molecular formula is C19H23NO5S. The molecule has 1 saturated heterocycles. The van der Waals surface area contributed by atoms with Gasteiger partial charge in [0.2, 0.25) is 10.0 Å². The van der Waals surface area contributed by atoms with E-state index in [-0.39, 0.29) is 11.5 Å². The molecule has 0 aliphatic carbocycles. The number of aryl methyl sites for hydroxylation is 1. The summed E-state index contributed by atoms with van der Waals surface area (Å²) in [5, 5.41) is 10.3. The molecule has 0 bridgehead atoms. The molecule has 1 heterocycles. The van der Waals surface area contributed by atoms with Crippen LogP contribution in [0.2, 0.25) is 0 Å². The molecule has 6 nitrogen and oxygen atoms in total. The molecule has 0 unspecified atom stereocenters. The molecule has 0 amide bonds. The number of sulfonamides is 1. The lowest BCUT2D eigenvalue weighted by Gasteiger charge is -2.49. The highest BCUT2D eigenvalue weighted by Gasteiger charge is 2.54. The van der Waals surface area contributed by atoms with E-state index in [4.69, 9.17) is 9.47 Å². The second-order valence-corrected chi connectivity index (χ2v) is 8.18. The second-order valence-electron chi connectivity index (χ2n) is 6.33. The Kier molecular flexibility index (Phi) is 5.74. The molecule has 2 aromatic rings. The fraction of sp³-hybridized carbons (Fsp3) is 0.368. The zero-order valence-electron chi connectivity index (χ0n) is 14.8. The topological polar surface area (TPSA) is 76.1 Å². The van der Waals surface area contributed by atoms with Gasteiger partial charge in [0.15, 0.2) is 6.23 Å². The summed E-state index contributed by atoms with van der Waals surface area (Å²) in [6.45, 7) is 2.32. The molecule has 1 aliphatic rings. The van der Waals surface area contributed by atoms with Gasteiger partial charge in [-0.2, -0.15) is 4.31 Å². The predicted molar refractivity (Wildman–Crippen MR) is 96.9 cm³/mol. The zero-order chi connectivity index (χ0) is 18.7. The Morgan fingerprint density at radius 3 is 2.35 bits per heavy atom. The number of hydrogen-bond acceptors (Lipinski definition) is 5. The summed E-state index contributed by atoms with van der Waals surface area (Å²) in [5.74, 6) is 0. The molecule has 0 saturated carbocycles. The van der Waals surface area contributed by atoms with Gasteiger partial charge in [0.25, 0.3) is 0 Å². The lowest BCUT2D eigenvalue weighted by Crippen LogP contribution is -2.71. The van der Waals surface area contributed by atoms with Crippen molar-refractivity contribution in [1.82, 2.24) is 4.31 Å². The lowest BCUT2D eigenvalue weighted by molar-refractivity contribution is -0.197. The van der Waals surface area contributed by atoms with Gasteiger partial charge in [0.05, 0.1) is 24.2 Å². The first-order valence-electron chi connectivity index (χ1n) is 8.38. The van der Waals surface area contributed by atoms with E-state index in [0.717, 1.165) is 11.1 Å². The Morgan fingerprint density at radius 2 is 1.73 bits per heavy atom. The Bertz CT molecular complexity index is 823. The van der Waals surface area contributed by atoms with Gasteiger partial charge in [-0.05, 0) is 24.6 Å². The maximum Gasteiger partial charge on any atom is 0.245 e. The van der Waals surface area contributed by atoms with E-state index in [1.807, 2.05) is 37.3 Å². The van der Waals surface area contributed by atoms with Gasteiger partial charge in [-0.3, -0.25) is 0 Å². The SMILES string of the molecule is CO[C@H]1[C@H](O)[C@@H](COCc2ccccc2)N1S(=O)(=O)c1ccc(C)cc1. The number of hydrogen-bond donors (Lipinski definition) is 1. The highest BCUT2D eigenvalue weighted by Crippen LogP contribution is 2.34. The van der Waals surface area contributed by atoms with Crippen molar-refractivity contribution in [3.63, 3.8) is 0 Å². The first-order chi connectivity index (χ1) is 12.4. The molecule has 26 heavy (non-hydrogen) atoms. The number of nitrogens with zero attached hydrogens (tertiary/aromatic N) is 1. The first kappa shape index (κ1) is 19.0. The van der Waals surface area contributed by atoms with Crippen molar-refractivity contribution in [2.45, 2.75) is 36.8 Å². The van der Waals surface area contributed by atoms with Crippen LogP contribution >= 0.6 is 0 Å². The van der Waals surface area contributed by atoms with Crippen molar-refractivity contribution in [3.8, 4) is 0 Å². The fourth-order valence-electron chi connectivity index (χ4n) is 3.01. The van der Waals surface area contributed by atoms with Gasteiger partial charge in [-0.15, -0.1) is 0 Å². The number of rotatable bonds is 7. The van der Waals surface area contributed by atoms with Crippen LogP contribution in [0.5, 0.6) is 0 Å². The van der Waals surface area contributed by atoms with E-state index in [1.54, 1.807) is 24.3 Å². The van der Waals surface area contributed by atoms with Gasteiger partial charge >= 0.3 is 0 Å². The molecule has 140 valence electrons. The fourth-order valence-corrected chi connectivity index (χ4v) is 4.76. The molecule has 2 aromatic carbocycles. The van der Waals surface area contributed by atoms with Crippen LogP contribution in [0.1, 0.15) is 11.1 Å². The van der Waals surface area contributed by atoms with Gasteiger partial charge in [0.1, 0.15) is 6.10 Å². The molecule has 3 atom stereocenters. The largest absolute Gasteiger partial charge is 0.387 e. The standard InChI is InChI=1S/C19H23NO5S/c1-14-8-10-16(11-9-14)26(22,23)20-17(18(21)19(20)24-2)13-25-12-15-6-4-3-5-7-15/h3-11,17-19,21H,12-13H2,1-2H3/t17-,18-,19+/m1/s1. The Hall–Kier alpha value is -1.77. The predicted octanol–water partition coefficient (Wildman–Crippen LogP) is 1.92. The highest BCUT2D eigenvalue weighted by atomic mass is 32.2. The summed E-state index contributed by atoms with van der Waals surface area (Å²) in [6, 6.07) is 15.5. The van der Waals surface area contributed by atoms with Gasteiger partial charge < -0.3 is 14.6 Å². The summed E-state index contributed by atoms with van der Waals surface area (Å²) >= 11 is 0. The van der Waals surface area contributed by atoms with Crippen LogP contribution in [0.15, 0.2) is 59.5 Å². The van der Waals surface area contributed by atoms with E-state index in [1.165, 1.54) is 11.4 Å². The average molecular weight is 377 g/mol.